The van der Waals surface area contributed by atoms with Crippen molar-refractivity contribution in [3.63, 3.8) is 0 Å². The van der Waals surface area contributed by atoms with Crippen molar-refractivity contribution in [2.75, 3.05) is 9.80 Å². The Bertz CT molecular complexity index is 1780. The summed E-state index contributed by atoms with van der Waals surface area (Å²) in [6.45, 7) is 8.39. The third kappa shape index (κ3) is 7.89. The molecule has 0 fully saturated rings. The molecule has 0 amide bonds. The summed E-state index contributed by atoms with van der Waals surface area (Å²) in [5.74, 6) is -0.0648. The van der Waals surface area contributed by atoms with Gasteiger partial charge < -0.3 is 9.80 Å². The van der Waals surface area contributed by atoms with Gasteiger partial charge in [-0.2, -0.15) is 0 Å². The highest BCUT2D eigenvalue weighted by atomic mass is 16.1. The zero-order valence-electron chi connectivity index (χ0n) is 28.0. The van der Waals surface area contributed by atoms with Gasteiger partial charge in [0.15, 0.2) is 5.78 Å². The first kappa shape index (κ1) is 32.0. The maximum Gasteiger partial charge on any atom is 0.178 e. The first-order chi connectivity index (χ1) is 23.3. The summed E-state index contributed by atoms with van der Waals surface area (Å²) in [5.41, 5.74) is 13.3. The number of carbonyl (C=O) groups excluding carboxylic acids is 1. The van der Waals surface area contributed by atoms with E-state index < -0.39 is 0 Å². The van der Waals surface area contributed by atoms with Gasteiger partial charge in [-0.15, -0.1) is 0 Å². The van der Waals surface area contributed by atoms with E-state index in [0.717, 1.165) is 45.3 Å². The lowest BCUT2D eigenvalue weighted by Gasteiger charge is -2.26. The molecule has 0 bridgehead atoms. The van der Waals surface area contributed by atoms with Crippen LogP contribution in [0.1, 0.15) is 33.4 Å². The summed E-state index contributed by atoms with van der Waals surface area (Å²) < 4.78 is 0. The second-order valence-corrected chi connectivity index (χ2v) is 12.3. The minimum atomic E-state index is -0.0648. The van der Waals surface area contributed by atoms with Crippen LogP contribution >= 0.6 is 0 Å². The zero-order chi connectivity index (χ0) is 33.5. The molecule has 6 rings (SSSR count). The molecule has 0 aliphatic carbocycles. The first-order valence-electron chi connectivity index (χ1n) is 16.3. The summed E-state index contributed by atoms with van der Waals surface area (Å²) >= 11 is 0. The molecule has 3 nitrogen and oxygen atoms in total. The SMILES string of the molecule is Cc1ccc(N(c2ccc(C)cc2)c2ccc(/C=C\C(=O)/C=C/c3ccc(N(c4ccc(C)cc4)c4ccc(C)cc4)cc3)cc2)cc1. The molecule has 0 aromatic heterocycles. The van der Waals surface area contributed by atoms with Gasteiger partial charge in [0.2, 0.25) is 0 Å². The Labute approximate surface area is 284 Å². The fourth-order valence-electron chi connectivity index (χ4n) is 5.55. The van der Waals surface area contributed by atoms with Crippen molar-refractivity contribution in [2.24, 2.45) is 0 Å². The molecule has 0 saturated carbocycles. The summed E-state index contributed by atoms with van der Waals surface area (Å²) in [6.07, 6.45) is 6.97. The average Bonchev–Trinajstić information content (AvgIpc) is 3.11. The van der Waals surface area contributed by atoms with E-state index in [9.17, 15) is 4.79 Å². The average molecular weight is 625 g/mol. The van der Waals surface area contributed by atoms with Crippen molar-refractivity contribution < 1.29 is 4.79 Å². The second-order valence-electron chi connectivity index (χ2n) is 12.3. The van der Waals surface area contributed by atoms with Crippen LogP contribution in [0.4, 0.5) is 34.1 Å². The first-order valence-corrected chi connectivity index (χ1v) is 16.3. The molecule has 6 aromatic rings. The molecule has 0 saturated heterocycles. The van der Waals surface area contributed by atoms with Gasteiger partial charge >= 0.3 is 0 Å². The van der Waals surface area contributed by atoms with E-state index in [-0.39, 0.29) is 5.78 Å². The molecule has 3 heteroatoms. The number of hydrogen-bond donors (Lipinski definition) is 0. The van der Waals surface area contributed by atoms with E-state index in [0.29, 0.717) is 0 Å². The molecular formula is C45H40N2O. The molecule has 0 heterocycles. The minimum Gasteiger partial charge on any atom is -0.311 e. The molecule has 0 atom stereocenters. The van der Waals surface area contributed by atoms with Gasteiger partial charge in [-0.1, -0.05) is 107 Å². The van der Waals surface area contributed by atoms with Crippen LogP contribution in [0.5, 0.6) is 0 Å². The molecule has 0 aliphatic heterocycles. The number of aryl methyl sites for hydroxylation is 4. The number of hydrogen-bond acceptors (Lipinski definition) is 3. The largest absolute Gasteiger partial charge is 0.311 e. The van der Waals surface area contributed by atoms with Gasteiger partial charge in [0.25, 0.3) is 0 Å². The van der Waals surface area contributed by atoms with Crippen molar-refractivity contribution >= 4 is 52.1 Å². The lowest BCUT2D eigenvalue weighted by atomic mass is 10.1. The van der Waals surface area contributed by atoms with Crippen LogP contribution in [0.3, 0.4) is 0 Å². The summed E-state index contributed by atoms with van der Waals surface area (Å²) in [7, 11) is 0. The van der Waals surface area contributed by atoms with Crippen LogP contribution in [-0.2, 0) is 4.79 Å². The molecule has 236 valence electrons. The number of anilines is 6. The lowest BCUT2D eigenvalue weighted by Crippen LogP contribution is -2.09. The van der Waals surface area contributed by atoms with E-state index in [1.165, 1.54) is 22.3 Å². The van der Waals surface area contributed by atoms with E-state index in [4.69, 9.17) is 0 Å². The van der Waals surface area contributed by atoms with Crippen molar-refractivity contribution in [2.45, 2.75) is 27.7 Å². The third-order valence-electron chi connectivity index (χ3n) is 8.35. The van der Waals surface area contributed by atoms with Crippen LogP contribution in [0, 0.1) is 27.7 Å². The molecule has 0 unspecified atom stereocenters. The Morgan fingerprint density at radius 2 is 0.562 bits per heavy atom. The van der Waals surface area contributed by atoms with E-state index >= 15 is 0 Å². The van der Waals surface area contributed by atoms with E-state index in [1.807, 2.05) is 36.4 Å². The second kappa shape index (κ2) is 14.7. The van der Waals surface area contributed by atoms with Gasteiger partial charge in [-0.25, -0.2) is 0 Å². The van der Waals surface area contributed by atoms with Crippen molar-refractivity contribution in [1.29, 1.82) is 0 Å². The fourth-order valence-corrected chi connectivity index (χ4v) is 5.55. The van der Waals surface area contributed by atoms with Crippen LogP contribution in [0.15, 0.2) is 158 Å². The van der Waals surface area contributed by atoms with Crippen LogP contribution in [0.2, 0.25) is 0 Å². The highest BCUT2D eigenvalue weighted by Crippen LogP contribution is 2.36. The summed E-state index contributed by atoms with van der Waals surface area (Å²) in [4.78, 5) is 17.3. The maximum absolute atomic E-state index is 12.8. The summed E-state index contributed by atoms with van der Waals surface area (Å²) in [5, 5.41) is 0. The Morgan fingerprint density at radius 3 is 0.792 bits per heavy atom. The lowest BCUT2D eigenvalue weighted by molar-refractivity contribution is -0.110. The van der Waals surface area contributed by atoms with Crippen LogP contribution in [-0.4, -0.2) is 5.78 Å². The van der Waals surface area contributed by atoms with Gasteiger partial charge in [0, 0.05) is 34.1 Å². The van der Waals surface area contributed by atoms with E-state index in [1.54, 1.807) is 12.2 Å². The Kier molecular flexibility index (Phi) is 9.78. The molecule has 0 aliphatic rings. The molecule has 0 radical (unpaired) electrons. The smallest absolute Gasteiger partial charge is 0.178 e. The third-order valence-corrected chi connectivity index (χ3v) is 8.35. The van der Waals surface area contributed by atoms with Crippen molar-refractivity contribution in [3.8, 4) is 0 Å². The molecule has 0 N–H and O–H groups in total. The normalized spacial score (nSPS) is 11.2. The van der Waals surface area contributed by atoms with Crippen LogP contribution < -0.4 is 9.80 Å². The Balaban J connectivity index is 1.15. The summed E-state index contributed by atoms with van der Waals surface area (Å²) in [6, 6.07) is 50.8. The molecular weight excluding hydrogens is 585 g/mol. The standard InChI is InChI=1S/C45H40N2O/c1-33-5-19-39(20-6-33)46(40-21-7-34(2)8-22-40)43-27-13-37(14-28-43)17-31-45(48)32-18-38-15-29-44(30-16-38)47(41-23-9-35(3)10-24-41)42-25-11-36(4)12-26-42/h5-32H,1-4H3/b31-17-,32-18+. The van der Waals surface area contributed by atoms with Crippen molar-refractivity contribution in [1.82, 2.24) is 0 Å². The van der Waals surface area contributed by atoms with Gasteiger partial charge in [-0.3, -0.25) is 4.79 Å². The highest BCUT2D eigenvalue weighted by molar-refractivity contribution is 6.04. The highest BCUT2D eigenvalue weighted by Gasteiger charge is 2.13. The Morgan fingerprint density at radius 1 is 0.354 bits per heavy atom. The number of allylic oxidation sites excluding steroid dienone is 2. The monoisotopic (exact) mass is 624 g/mol. The van der Waals surface area contributed by atoms with Crippen molar-refractivity contribution in [3.05, 3.63) is 191 Å². The number of carbonyl (C=O) groups is 1. The number of ketones is 1. The number of benzene rings is 6. The maximum atomic E-state index is 12.8. The molecule has 6 aromatic carbocycles. The quantitative estimate of drug-likeness (QED) is 0.142. The topological polar surface area (TPSA) is 23.6 Å². The predicted octanol–water partition coefficient (Wildman–Crippen LogP) is 12.2. The van der Waals surface area contributed by atoms with Gasteiger partial charge in [-0.05, 0) is 124 Å². The van der Waals surface area contributed by atoms with E-state index in [2.05, 4.69) is 159 Å². The van der Waals surface area contributed by atoms with Gasteiger partial charge in [0.1, 0.15) is 0 Å². The molecule has 0 spiro atoms. The number of nitrogens with zero attached hydrogens (tertiary/aromatic N) is 2. The Hall–Kier alpha value is -5.93. The fraction of sp³-hybridized carbons (Fsp3) is 0.0889. The molecule has 48 heavy (non-hydrogen) atoms. The van der Waals surface area contributed by atoms with Gasteiger partial charge in [0.05, 0.1) is 0 Å². The minimum absolute atomic E-state index is 0.0648. The predicted molar refractivity (Wildman–Crippen MR) is 204 cm³/mol. The number of rotatable bonds is 10. The zero-order valence-corrected chi connectivity index (χ0v) is 28.0. The van der Waals surface area contributed by atoms with Crippen LogP contribution in [0.25, 0.3) is 12.2 Å².